The number of esters is 1. The third-order valence-corrected chi connectivity index (χ3v) is 8.21. The molecule has 5 rings (SSSR count). The van der Waals surface area contributed by atoms with Crippen molar-refractivity contribution in [2.24, 2.45) is 0 Å². The smallest absolute Gasteiger partial charge is 0.465 e. The Balaban J connectivity index is 1.24. The highest BCUT2D eigenvalue weighted by molar-refractivity contribution is 6.02. The molecule has 1 atom stereocenters. The van der Waals surface area contributed by atoms with E-state index in [2.05, 4.69) is 30.1 Å². The lowest BCUT2D eigenvalue weighted by Crippen LogP contribution is -2.18. The quantitative estimate of drug-likeness (QED) is 0.0379. The predicted octanol–water partition coefficient (Wildman–Crippen LogP) is 5.61. The van der Waals surface area contributed by atoms with Crippen molar-refractivity contribution in [2.75, 3.05) is 33.0 Å². The van der Waals surface area contributed by atoms with Gasteiger partial charge in [0.25, 0.3) is 6.01 Å². The van der Waals surface area contributed by atoms with E-state index in [0.29, 0.717) is 79.3 Å². The van der Waals surface area contributed by atoms with Crippen LogP contribution in [0.15, 0.2) is 66.7 Å². The van der Waals surface area contributed by atoms with Gasteiger partial charge in [-0.25, -0.2) is 9.59 Å². The molecule has 20 heteroatoms. The zero-order chi connectivity index (χ0) is 39.9. The Labute approximate surface area is 320 Å². The summed E-state index contributed by atoms with van der Waals surface area (Å²) in [6, 6.07) is 21.0. The van der Waals surface area contributed by atoms with Crippen LogP contribution in [0, 0.1) is 0 Å². The summed E-state index contributed by atoms with van der Waals surface area (Å²) in [7, 11) is 0. The summed E-state index contributed by atoms with van der Waals surface area (Å²) in [4.78, 5) is 40.2. The van der Waals surface area contributed by atoms with E-state index in [1.54, 1.807) is 25.1 Å². The maximum atomic E-state index is 13.2. The standard InChI is InChI=1S/C36H44N8O12/c1-3-51-35-37-31-15-11-14-30(34(45)52-20-9-10-23-55-44(49)50)32(31)41(35)24-26-16-18-27(19-17-26)28-12-5-6-13-29(28)33-38-40-42(39-33)25(2)56-36(46)53-21-7-4-8-22-54-43(47)48/h5-6,11-19,25,47-50H,3-4,7-10,20-24H2,1-2H3. The number of benzene rings is 3. The number of unbranched alkanes of at least 4 members (excludes halogenated alkanes) is 3. The Kier molecular flexibility index (Phi) is 15.5. The summed E-state index contributed by atoms with van der Waals surface area (Å²) in [5, 5.41) is 46.4. The molecule has 0 aliphatic rings. The van der Waals surface area contributed by atoms with E-state index in [9.17, 15) is 9.59 Å². The molecule has 0 aliphatic carbocycles. The number of hydrogen-bond donors (Lipinski definition) is 4. The number of para-hydroxylation sites is 1. The highest BCUT2D eigenvalue weighted by Gasteiger charge is 2.21. The minimum Gasteiger partial charge on any atom is -0.465 e. The molecule has 2 aromatic heterocycles. The maximum absolute atomic E-state index is 13.2. The molecule has 2 heterocycles. The third kappa shape index (κ3) is 11.7. The largest absolute Gasteiger partial charge is 0.510 e. The van der Waals surface area contributed by atoms with Crippen LogP contribution in [0.5, 0.6) is 6.01 Å². The van der Waals surface area contributed by atoms with Crippen molar-refractivity contribution in [2.45, 2.75) is 58.7 Å². The van der Waals surface area contributed by atoms with Crippen LogP contribution in [-0.4, -0.2) is 107 Å². The van der Waals surface area contributed by atoms with E-state index in [-0.39, 0.29) is 37.2 Å². The summed E-state index contributed by atoms with van der Waals surface area (Å²) < 4.78 is 23.6. The normalized spacial score (nSPS) is 12.0. The van der Waals surface area contributed by atoms with E-state index in [0.717, 1.165) is 16.7 Å². The van der Waals surface area contributed by atoms with Gasteiger partial charge < -0.3 is 18.9 Å². The van der Waals surface area contributed by atoms with Gasteiger partial charge in [0.05, 0.1) is 67.0 Å². The number of carbonyl (C=O) groups is 2. The Morgan fingerprint density at radius 2 is 1.45 bits per heavy atom. The van der Waals surface area contributed by atoms with Gasteiger partial charge in [-0.05, 0) is 80.0 Å². The molecule has 0 bridgehead atoms. The Bertz CT molecular complexity index is 2000. The van der Waals surface area contributed by atoms with Gasteiger partial charge in [-0.15, -0.1) is 15.0 Å². The number of tetrazole rings is 1. The van der Waals surface area contributed by atoms with Crippen LogP contribution in [-0.2, 0) is 30.4 Å². The van der Waals surface area contributed by atoms with Crippen molar-refractivity contribution in [3.05, 3.63) is 77.9 Å². The Morgan fingerprint density at radius 1 is 0.786 bits per heavy atom. The number of fused-ring (bicyclic) bond motifs is 1. The van der Waals surface area contributed by atoms with Crippen LogP contribution in [0.1, 0.15) is 68.1 Å². The maximum Gasteiger partial charge on any atom is 0.510 e. The first-order valence-electron chi connectivity index (χ1n) is 17.9. The average Bonchev–Trinajstić information content (AvgIpc) is 3.81. The zero-order valence-corrected chi connectivity index (χ0v) is 30.8. The fourth-order valence-corrected chi connectivity index (χ4v) is 5.60. The van der Waals surface area contributed by atoms with Crippen LogP contribution >= 0.6 is 0 Å². The number of ether oxygens (including phenoxy) is 4. The summed E-state index contributed by atoms with van der Waals surface area (Å²) in [5.41, 5.74) is 4.80. The van der Waals surface area contributed by atoms with Crippen molar-refractivity contribution in [3.8, 4) is 28.5 Å². The van der Waals surface area contributed by atoms with Crippen molar-refractivity contribution < 1.29 is 59.0 Å². The lowest BCUT2D eigenvalue weighted by molar-refractivity contribution is -0.492. The van der Waals surface area contributed by atoms with E-state index < -0.39 is 18.4 Å². The highest BCUT2D eigenvalue weighted by atomic mass is 17.1. The van der Waals surface area contributed by atoms with Crippen LogP contribution in [0.3, 0.4) is 0 Å². The molecular weight excluding hydrogens is 736 g/mol. The monoisotopic (exact) mass is 780 g/mol. The lowest BCUT2D eigenvalue weighted by atomic mass is 9.98. The fraction of sp³-hybridized carbons (Fsp3) is 0.389. The SMILES string of the molecule is CCOc1nc2cccc(C(=O)OCCCCON(O)O)c2n1Cc1ccc(-c2ccccc2-c2nnn(C(C)OC(=O)OCCCCCON(O)O)n2)cc1. The molecule has 0 spiro atoms. The minimum absolute atomic E-state index is 0.0448. The van der Waals surface area contributed by atoms with Crippen LogP contribution in [0.4, 0.5) is 4.79 Å². The molecule has 4 N–H and O–H groups in total. The van der Waals surface area contributed by atoms with Crippen molar-refractivity contribution in [1.29, 1.82) is 0 Å². The number of hydrogen-bond acceptors (Lipinski definition) is 18. The van der Waals surface area contributed by atoms with Crippen molar-refractivity contribution in [1.82, 2.24) is 40.5 Å². The molecule has 0 fully saturated rings. The molecule has 0 saturated carbocycles. The molecule has 300 valence electrons. The average molecular weight is 781 g/mol. The van der Waals surface area contributed by atoms with Gasteiger partial charge in [0.1, 0.15) is 0 Å². The van der Waals surface area contributed by atoms with Gasteiger partial charge in [0, 0.05) is 5.56 Å². The van der Waals surface area contributed by atoms with Crippen LogP contribution in [0.2, 0.25) is 0 Å². The van der Waals surface area contributed by atoms with Gasteiger partial charge in [-0.3, -0.25) is 35.1 Å². The molecule has 0 saturated heterocycles. The first-order chi connectivity index (χ1) is 27.1. The first kappa shape index (κ1) is 41.6. The number of rotatable bonds is 22. The molecule has 56 heavy (non-hydrogen) atoms. The fourth-order valence-electron chi connectivity index (χ4n) is 5.60. The Morgan fingerprint density at radius 3 is 2.16 bits per heavy atom. The van der Waals surface area contributed by atoms with E-state index in [4.69, 9.17) is 39.8 Å². The summed E-state index contributed by atoms with van der Waals surface area (Å²) >= 11 is 0. The summed E-state index contributed by atoms with van der Waals surface area (Å²) in [5.74, 6) is -0.207. The topological polar surface area (TPSA) is 238 Å². The second-order valence-electron chi connectivity index (χ2n) is 12.2. The molecule has 0 amide bonds. The molecule has 0 radical (unpaired) electrons. The van der Waals surface area contributed by atoms with Gasteiger partial charge in [0.2, 0.25) is 12.1 Å². The number of nitrogens with zero attached hydrogens (tertiary/aromatic N) is 8. The lowest BCUT2D eigenvalue weighted by Gasteiger charge is -2.13. The molecular formula is C36H44N8O12. The van der Waals surface area contributed by atoms with Gasteiger partial charge in [-0.1, -0.05) is 54.6 Å². The predicted molar refractivity (Wildman–Crippen MR) is 192 cm³/mol. The van der Waals surface area contributed by atoms with Crippen LogP contribution in [0.25, 0.3) is 33.5 Å². The minimum atomic E-state index is -0.904. The van der Waals surface area contributed by atoms with Gasteiger partial charge in [-0.2, -0.15) is 4.98 Å². The Hall–Kier alpha value is -5.58. The summed E-state index contributed by atoms with van der Waals surface area (Å²) in [6.07, 6.45) is 0.775. The zero-order valence-electron chi connectivity index (χ0n) is 30.8. The van der Waals surface area contributed by atoms with E-state index in [1.807, 2.05) is 60.0 Å². The molecule has 5 aromatic rings. The van der Waals surface area contributed by atoms with Crippen molar-refractivity contribution >= 4 is 23.2 Å². The van der Waals surface area contributed by atoms with Crippen LogP contribution < -0.4 is 4.74 Å². The first-order valence-corrected chi connectivity index (χ1v) is 17.9. The second kappa shape index (κ2) is 20.9. The van der Waals surface area contributed by atoms with E-state index >= 15 is 0 Å². The summed E-state index contributed by atoms with van der Waals surface area (Å²) in [6.45, 7) is 4.51. The molecule has 1 unspecified atom stereocenters. The van der Waals surface area contributed by atoms with Gasteiger partial charge in [0.15, 0.2) is 0 Å². The van der Waals surface area contributed by atoms with E-state index in [1.165, 1.54) is 4.80 Å². The third-order valence-electron chi connectivity index (χ3n) is 8.21. The number of carbonyl (C=O) groups excluding carboxylic acids is 2. The molecule has 3 aromatic carbocycles. The second-order valence-corrected chi connectivity index (χ2v) is 12.2. The van der Waals surface area contributed by atoms with Gasteiger partial charge >= 0.3 is 12.1 Å². The molecule has 0 aliphatic heterocycles. The van der Waals surface area contributed by atoms with Crippen molar-refractivity contribution in [3.63, 3.8) is 0 Å². The number of aromatic nitrogens is 6. The number of imidazole rings is 1. The molecule has 20 nitrogen and oxygen atoms in total. The highest BCUT2D eigenvalue weighted by Crippen LogP contribution is 2.32.